The molecule has 0 aliphatic carbocycles. The summed E-state index contributed by atoms with van der Waals surface area (Å²) in [6, 6.07) is -0.159. The van der Waals surface area contributed by atoms with Gasteiger partial charge in [-0.05, 0) is 19.3 Å². The Labute approximate surface area is 115 Å². The van der Waals surface area contributed by atoms with Gasteiger partial charge in [0.25, 0.3) is 0 Å². The number of hydrogen-bond donors (Lipinski definition) is 3. The molecule has 0 saturated carbocycles. The van der Waals surface area contributed by atoms with Crippen LogP contribution in [0, 0.1) is 12.3 Å². The van der Waals surface area contributed by atoms with Gasteiger partial charge < -0.3 is 15.7 Å². The number of carboxylic acids is 1. The Kier molecular flexibility index (Phi) is 10.4. The first-order valence-electron chi connectivity index (χ1n) is 6.79. The van der Waals surface area contributed by atoms with Gasteiger partial charge in [-0.1, -0.05) is 19.8 Å². The summed E-state index contributed by atoms with van der Waals surface area (Å²) in [6.45, 7) is 2.58. The molecule has 3 N–H and O–H groups in total. The van der Waals surface area contributed by atoms with Crippen LogP contribution in [0.1, 0.15) is 51.9 Å². The molecule has 0 heterocycles. The standard InChI is InChI=1S/C14H24N2O3/c1-3-9-12(4-2)16-14(19)15-11-8-6-5-7-10-13(17)18/h1,12H,4-11H2,2H3,(H,17,18)(H2,15,16,19). The number of carbonyl (C=O) groups excluding carboxylic acids is 1. The van der Waals surface area contributed by atoms with E-state index in [0.717, 1.165) is 25.7 Å². The van der Waals surface area contributed by atoms with Crippen LogP contribution >= 0.6 is 0 Å². The van der Waals surface area contributed by atoms with E-state index >= 15 is 0 Å². The van der Waals surface area contributed by atoms with E-state index in [9.17, 15) is 9.59 Å². The fourth-order valence-corrected chi connectivity index (χ4v) is 1.63. The average Bonchev–Trinajstić information content (AvgIpc) is 2.36. The third-order valence-corrected chi connectivity index (χ3v) is 2.80. The number of carboxylic acid groups (broad SMARTS) is 1. The fraction of sp³-hybridized carbons (Fsp3) is 0.714. The lowest BCUT2D eigenvalue weighted by atomic mass is 10.1. The lowest BCUT2D eigenvalue weighted by molar-refractivity contribution is -0.137. The topological polar surface area (TPSA) is 78.4 Å². The van der Waals surface area contributed by atoms with E-state index in [1.165, 1.54) is 0 Å². The van der Waals surface area contributed by atoms with Gasteiger partial charge in [-0.2, -0.15) is 0 Å². The second-order valence-corrected chi connectivity index (χ2v) is 4.47. The average molecular weight is 268 g/mol. The number of urea groups is 1. The Morgan fingerprint density at radius 2 is 1.95 bits per heavy atom. The van der Waals surface area contributed by atoms with Crippen LogP contribution in [0.5, 0.6) is 0 Å². The number of amides is 2. The highest BCUT2D eigenvalue weighted by atomic mass is 16.4. The first-order chi connectivity index (χ1) is 9.10. The molecular formula is C14H24N2O3. The van der Waals surface area contributed by atoms with Crippen LogP contribution in [0.15, 0.2) is 0 Å². The van der Waals surface area contributed by atoms with Gasteiger partial charge in [0.1, 0.15) is 0 Å². The Balaban J connectivity index is 3.48. The zero-order chi connectivity index (χ0) is 14.5. The van der Waals surface area contributed by atoms with Gasteiger partial charge in [-0.25, -0.2) is 4.79 Å². The van der Waals surface area contributed by atoms with Crippen LogP contribution in [-0.2, 0) is 4.79 Å². The van der Waals surface area contributed by atoms with Gasteiger partial charge in [-0.15, -0.1) is 12.3 Å². The van der Waals surface area contributed by atoms with Crippen molar-refractivity contribution in [1.82, 2.24) is 10.6 Å². The molecule has 0 aliphatic rings. The van der Waals surface area contributed by atoms with Crippen molar-refractivity contribution in [3.05, 3.63) is 0 Å². The minimum Gasteiger partial charge on any atom is -0.481 e. The van der Waals surface area contributed by atoms with Crippen molar-refractivity contribution in [2.75, 3.05) is 6.54 Å². The van der Waals surface area contributed by atoms with Crippen LogP contribution in [0.25, 0.3) is 0 Å². The summed E-state index contributed by atoms with van der Waals surface area (Å²) in [5, 5.41) is 14.0. The Morgan fingerprint density at radius 1 is 1.26 bits per heavy atom. The van der Waals surface area contributed by atoms with Gasteiger partial charge in [0.2, 0.25) is 0 Å². The number of terminal acetylenes is 1. The molecule has 1 unspecified atom stereocenters. The lowest BCUT2D eigenvalue weighted by Crippen LogP contribution is -2.42. The summed E-state index contributed by atoms with van der Waals surface area (Å²) in [5.74, 6) is 1.78. The molecule has 0 aromatic carbocycles. The molecule has 0 fully saturated rings. The maximum atomic E-state index is 11.5. The zero-order valence-electron chi connectivity index (χ0n) is 11.6. The Bertz CT molecular complexity index is 310. The second-order valence-electron chi connectivity index (χ2n) is 4.47. The first kappa shape index (κ1) is 17.3. The zero-order valence-corrected chi connectivity index (χ0v) is 11.6. The van der Waals surface area contributed by atoms with E-state index in [4.69, 9.17) is 11.5 Å². The van der Waals surface area contributed by atoms with Crippen molar-refractivity contribution in [3.8, 4) is 12.3 Å². The molecule has 1 atom stereocenters. The van der Waals surface area contributed by atoms with Crippen LogP contribution in [0.2, 0.25) is 0 Å². The highest BCUT2D eigenvalue weighted by molar-refractivity contribution is 5.74. The predicted molar refractivity (Wildman–Crippen MR) is 74.8 cm³/mol. The maximum Gasteiger partial charge on any atom is 0.315 e. The Hall–Kier alpha value is -1.70. The first-order valence-corrected chi connectivity index (χ1v) is 6.79. The van der Waals surface area contributed by atoms with E-state index in [-0.39, 0.29) is 18.5 Å². The number of aliphatic carboxylic acids is 1. The summed E-state index contributed by atoms with van der Waals surface area (Å²) in [5.41, 5.74) is 0. The predicted octanol–water partition coefficient (Wildman–Crippen LogP) is 2.12. The molecule has 0 bridgehead atoms. The molecule has 2 amide bonds. The molecule has 0 aromatic heterocycles. The van der Waals surface area contributed by atoms with Crippen LogP contribution < -0.4 is 10.6 Å². The third-order valence-electron chi connectivity index (χ3n) is 2.80. The largest absolute Gasteiger partial charge is 0.481 e. The van der Waals surface area contributed by atoms with Crippen molar-refractivity contribution in [2.45, 2.75) is 57.9 Å². The summed E-state index contributed by atoms with van der Waals surface area (Å²) in [4.78, 5) is 21.8. The summed E-state index contributed by atoms with van der Waals surface area (Å²) < 4.78 is 0. The summed E-state index contributed by atoms with van der Waals surface area (Å²) in [6.07, 6.45) is 10.1. The normalized spacial score (nSPS) is 11.4. The van der Waals surface area contributed by atoms with Crippen molar-refractivity contribution < 1.29 is 14.7 Å². The van der Waals surface area contributed by atoms with Gasteiger partial charge >= 0.3 is 12.0 Å². The molecule has 0 aliphatic heterocycles. The molecule has 0 aromatic rings. The minimum atomic E-state index is -0.753. The maximum absolute atomic E-state index is 11.5. The highest BCUT2D eigenvalue weighted by Crippen LogP contribution is 2.02. The fourth-order valence-electron chi connectivity index (χ4n) is 1.63. The SMILES string of the molecule is C#CCC(CC)NC(=O)NCCCCCCC(=O)O. The number of hydrogen-bond acceptors (Lipinski definition) is 2. The van der Waals surface area contributed by atoms with Crippen molar-refractivity contribution in [3.63, 3.8) is 0 Å². The minimum absolute atomic E-state index is 0.0283. The summed E-state index contributed by atoms with van der Waals surface area (Å²) >= 11 is 0. The molecular weight excluding hydrogens is 244 g/mol. The number of rotatable bonds is 10. The van der Waals surface area contributed by atoms with Crippen molar-refractivity contribution in [1.29, 1.82) is 0 Å². The van der Waals surface area contributed by atoms with Crippen molar-refractivity contribution >= 4 is 12.0 Å². The molecule has 0 saturated heterocycles. The van der Waals surface area contributed by atoms with E-state index in [2.05, 4.69) is 16.6 Å². The smallest absolute Gasteiger partial charge is 0.315 e. The molecule has 19 heavy (non-hydrogen) atoms. The van der Waals surface area contributed by atoms with Crippen LogP contribution in [0.3, 0.4) is 0 Å². The van der Waals surface area contributed by atoms with Gasteiger partial charge in [0.15, 0.2) is 0 Å². The molecule has 5 heteroatoms. The van der Waals surface area contributed by atoms with Crippen LogP contribution in [-0.4, -0.2) is 29.7 Å². The van der Waals surface area contributed by atoms with Gasteiger partial charge in [-0.3, -0.25) is 4.79 Å². The third kappa shape index (κ3) is 11.1. The molecule has 108 valence electrons. The van der Waals surface area contributed by atoms with Crippen molar-refractivity contribution in [2.24, 2.45) is 0 Å². The number of nitrogens with one attached hydrogen (secondary N) is 2. The summed E-state index contributed by atoms with van der Waals surface area (Å²) in [7, 11) is 0. The molecule has 0 radical (unpaired) electrons. The van der Waals surface area contributed by atoms with Gasteiger partial charge in [0.05, 0.1) is 0 Å². The van der Waals surface area contributed by atoms with E-state index in [1.54, 1.807) is 0 Å². The van der Waals surface area contributed by atoms with Crippen LogP contribution in [0.4, 0.5) is 4.79 Å². The number of unbranched alkanes of at least 4 members (excludes halogenated alkanes) is 3. The number of carbonyl (C=O) groups is 2. The molecule has 0 rings (SSSR count). The lowest BCUT2D eigenvalue weighted by Gasteiger charge is -2.14. The van der Waals surface area contributed by atoms with E-state index in [1.807, 2.05) is 6.92 Å². The Morgan fingerprint density at radius 3 is 2.53 bits per heavy atom. The molecule has 5 nitrogen and oxygen atoms in total. The molecule has 0 spiro atoms. The monoisotopic (exact) mass is 268 g/mol. The van der Waals surface area contributed by atoms with Gasteiger partial charge in [0, 0.05) is 25.4 Å². The second kappa shape index (κ2) is 11.4. The highest BCUT2D eigenvalue weighted by Gasteiger charge is 2.07. The van der Waals surface area contributed by atoms with E-state index < -0.39 is 5.97 Å². The quantitative estimate of drug-likeness (QED) is 0.419. The van der Waals surface area contributed by atoms with E-state index in [0.29, 0.717) is 19.4 Å².